The van der Waals surface area contributed by atoms with E-state index in [1.54, 1.807) is 30.3 Å². The van der Waals surface area contributed by atoms with Gasteiger partial charge in [-0.05, 0) is 36.2 Å². The van der Waals surface area contributed by atoms with Crippen LogP contribution < -0.4 is 15.4 Å². The van der Waals surface area contributed by atoms with Crippen LogP contribution in [0.3, 0.4) is 0 Å². The highest BCUT2D eigenvalue weighted by Gasteiger charge is 2.31. The predicted octanol–water partition coefficient (Wildman–Crippen LogP) is 3.26. The van der Waals surface area contributed by atoms with Crippen LogP contribution in [-0.2, 0) is 16.1 Å². The van der Waals surface area contributed by atoms with Crippen LogP contribution >= 0.6 is 0 Å². The molecule has 2 atom stereocenters. The lowest BCUT2D eigenvalue weighted by atomic mass is 9.97. The number of hydrogen-bond acceptors (Lipinski definition) is 5. The van der Waals surface area contributed by atoms with Crippen molar-refractivity contribution >= 4 is 11.7 Å². The molecule has 2 fully saturated rings. The number of amides is 2. The van der Waals surface area contributed by atoms with Crippen molar-refractivity contribution in [1.82, 2.24) is 10.2 Å². The number of carbonyl (C=O) groups is 1. The first kappa shape index (κ1) is 22.5. The van der Waals surface area contributed by atoms with E-state index in [9.17, 15) is 9.18 Å². The molecule has 2 aliphatic heterocycles. The summed E-state index contributed by atoms with van der Waals surface area (Å²) in [4.78, 5) is 15.0. The summed E-state index contributed by atoms with van der Waals surface area (Å²) < 4.78 is 30.1. The number of urea groups is 1. The Kier molecular flexibility index (Phi) is 7.92. The number of rotatable bonds is 8. The number of carbonyl (C=O) groups excluding carboxylic acids is 1. The van der Waals surface area contributed by atoms with Crippen LogP contribution in [0.4, 0.5) is 14.9 Å². The standard InChI is InChI=1S/C24H30FN3O4/c25-20-4-1-3-18(13-20)16-32-22-6-2-5-21(14-22)27-24(29)26-15-23(19-7-10-31-17-19)28-8-11-30-12-9-28/h1-6,13-14,19,23H,7-12,15-17H2,(H2,26,27,29)/t19-,23-/m1/s1. The van der Waals surface area contributed by atoms with Gasteiger partial charge in [0.15, 0.2) is 0 Å². The topological polar surface area (TPSA) is 72.1 Å². The average molecular weight is 444 g/mol. The van der Waals surface area contributed by atoms with Crippen LogP contribution in [-0.4, -0.2) is 63.0 Å². The van der Waals surface area contributed by atoms with E-state index in [0.717, 1.165) is 51.5 Å². The summed E-state index contributed by atoms with van der Waals surface area (Å²) in [6.45, 7) is 5.49. The SMILES string of the molecule is O=C(NC[C@H]([C@@H]1CCOC1)N1CCOCC1)Nc1cccc(OCc2cccc(F)c2)c1. The highest BCUT2D eigenvalue weighted by atomic mass is 19.1. The van der Waals surface area contributed by atoms with Gasteiger partial charge in [0.1, 0.15) is 18.2 Å². The molecule has 0 saturated carbocycles. The second-order valence-corrected chi connectivity index (χ2v) is 8.12. The first-order valence-corrected chi connectivity index (χ1v) is 11.1. The first-order valence-electron chi connectivity index (χ1n) is 11.1. The lowest BCUT2D eigenvalue weighted by molar-refractivity contribution is 0.00222. The Bertz CT molecular complexity index is 885. The summed E-state index contributed by atoms with van der Waals surface area (Å²) in [6, 6.07) is 13.4. The summed E-state index contributed by atoms with van der Waals surface area (Å²) in [6.07, 6.45) is 1.01. The zero-order valence-corrected chi connectivity index (χ0v) is 18.1. The highest BCUT2D eigenvalue weighted by Crippen LogP contribution is 2.22. The van der Waals surface area contributed by atoms with Gasteiger partial charge in [0.2, 0.25) is 0 Å². The molecule has 2 amide bonds. The van der Waals surface area contributed by atoms with Crippen molar-refractivity contribution in [3.63, 3.8) is 0 Å². The van der Waals surface area contributed by atoms with Crippen molar-refractivity contribution in [2.45, 2.75) is 19.1 Å². The van der Waals surface area contributed by atoms with Gasteiger partial charge >= 0.3 is 6.03 Å². The highest BCUT2D eigenvalue weighted by molar-refractivity contribution is 5.89. The molecule has 0 spiro atoms. The minimum absolute atomic E-state index is 0.230. The fourth-order valence-electron chi connectivity index (χ4n) is 4.19. The summed E-state index contributed by atoms with van der Waals surface area (Å²) >= 11 is 0. The maximum atomic E-state index is 13.3. The Morgan fingerprint density at radius 3 is 2.75 bits per heavy atom. The smallest absolute Gasteiger partial charge is 0.319 e. The van der Waals surface area contributed by atoms with Crippen LogP contribution in [0.2, 0.25) is 0 Å². The number of benzene rings is 2. The van der Waals surface area contributed by atoms with E-state index in [0.29, 0.717) is 23.9 Å². The molecule has 32 heavy (non-hydrogen) atoms. The molecule has 0 unspecified atom stereocenters. The van der Waals surface area contributed by atoms with Crippen LogP contribution in [0, 0.1) is 11.7 Å². The third-order valence-electron chi connectivity index (χ3n) is 5.88. The Hall–Kier alpha value is -2.68. The van der Waals surface area contributed by atoms with Gasteiger partial charge in [0.25, 0.3) is 0 Å². The fraction of sp³-hybridized carbons (Fsp3) is 0.458. The van der Waals surface area contributed by atoms with Gasteiger partial charge in [0, 0.05) is 50.0 Å². The Morgan fingerprint density at radius 2 is 1.97 bits per heavy atom. The number of ether oxygens (including phenoxy) is 3. The normalized spacial score (nSPS) is 20.0. The van der Waals surface area contributed by atoms with Crippen molar-refractivity contribution in [2.75, 3.05) is 51.4 Å². The van der Waals surface area contributed by atoms with Gasteiger partial charge in [-0.3, -0.25) is 4.90 Å². The lowest BCUT2D eigenvalue weighted by Crippen LogP contribution is -2.52. The summed E-state index contributed by atoms with van der Waals surface area (Å²) in [5.74, 6) is 0.715. The van der Waals surface area contributed by atoms with E-state index in [4.69, 9.17) is 14.2 Å². The molecule has 7 nitrogen and oxygen atoms in total. The van der Waals surface area contributed by atoms with Gasteiger partial charge < -0.3 is 24.8 Å². The number of hydrogen-bond donors (Lipinski definition) is 2. The number of halogens is 1. The van der Waals surface area contributed by atoms with E-state index < -0.39 is 0 Å². The van der Waals surface area contributed by atoms with Gasteiger partial charge in [-0.25, -0.2) is 9.18 Å². The van der Waals surface area contributed by atoms with E-state index >= 15 is 0 Å². The Morgan fingerprint density at radius 1 is 1.12 bits per heavy atom. The van der Waals surface area contributed by atoms with E-state index in [1.807, 2.05) is 6.07 Å². The number of morpholine rings is 1. The molecule has 0 bridgehead atoms. The molecule has 2 saturated heterocycles. The zero-order chi connectivity index (χ0) is 22.2. The molecule has 0 radical (unpaired) electrons. The van der Waals surface area contributed by atoms with E-state index in [2.05, 4.69) is 15.5 Å². The van der Waals surface area contributed by atoms with Crippen molar-refractivity contribution < 1.29 is 23.4 Å². The van der Waals surface area contributed by atoms with Crippen molar-refractivity contribution in [2.24, 2.45) is 5.92 Å². The molecular formula is C24H30FN3O4. The predicted molar refractivity (Wildman–Crippen MR) is 119 cm³/mol. The van der Waals surface area contributed by atoms with E-state index in [1.165, 1.54) is 12.1 Å². The monoisotopic (exact) mass is 443 g/mol. The summed E-state index contributed by atoms with van der Waals surface area (Å²) in [5.41, 5.74) is 1.37. The molecule has 2 aliphatic rings. The maximum absolute atomic E-state index is 13.3. The molecular weight excluding hydrogens is 413 g/mol. The largest absolute Gasteiger partial charge is 0.489 e. The first-order chi connectivity index (χ1) is 15.7. The Labute approximate surface area is 187 Å². The van der Waals surface area contributed by atoms with Crippen molar-refractivity contribution in [1.29, 1.82) is 0 Å². The molecule has 0 aliphatic carbocycles. The molecule has 2 N–H and O–H groups in total. The van der Waals surface area contributed by atoms with E-state index in [-0.39, 0.29) is 24.5 Å². The third kappa shape index (κ3) is 6.41. The third-order valence-corrected chi connectivity index (χ3v) is 5.88. The zero-order valence-electron chi connectivity index (χ0n) is 18.1. The van der Waals surface area contributed by atoms with Crippen molar-refractivity contribution in [3.8, 4) is 5.75 Å². The average Bonchev–Trinajstić information content (AvgIpc) is 3.34. The molecule has 172 valence electrons. The van der Waals surface area contributed by atoms with Gasteiger partial charge in [-0.1, -0.05) is 18.2 Å². The van der Waals surface area contributed by atoms with Crippen LogP contribution in [0.5, 0.6) is 5.75 Å². The van der Waals surface area contributed by atoms with Crippen LogP contribution in [0.25, 0.3) is 0 Å². The summed E-state index contributed by atoms with van der Waals surface area (Å²) in [5, 5.41) is 5.89. The molecule has 4 rings (SSSR count). The van der Waals surface area contributed by atoms with Gasteiger partial charge in [-0.2, -0.15) is 0 Å². The quantitative estimate of drug-likeness (QED) is 0.655. The van der Waals surface area contributed by atoms with Crippen molar-refractivity contribution in [3.05, 3.63) is 59.9 Å². The number of nitrogens with zero attached hydrogens (tertiary/aromatic N) is 1. The number of anilines is 1. The maximum Gasteiger partial charge on any atom is 0.319 e. The molecule has 8 heteroatoms. The molecule has 2 aromatic rings. The molecule has 2 heterocycles. The van der Waals surface area contributed by atoms with Crippen LogP contribution in [0.15, 0.2) is 48.5 Å². The Balaban J connectivity index is 1.29. The second kappa shape index (κ2) is 11.3. The second-order valence-electron chi connectivity index (χ2n) is 8.12. The number of nitrogens with one attached hydrogen (secondary N) is 2. The summed E-state index contributed by atoms with van der Waals surface area (Å²) in [7, 11) is 0. The fourth-order valence-corrected chi connectivity index (χ4v) is 4.19. The minimum atomic E-state index is -0.294. The van der Waals surface area contributed by atoms with Crippen LogP contribution in [0.1, 0.15) is 12.0 Å². The molecule has 2 aromatic carbocycles. The van der Waals surface area contributed by atoms with Gasteiger partial charge in [-0.15, -0.1) is 0 Å². The molecule has 0 aromatic heterocycles. The lowest BCUT2D eigenvalue weighted by Gasteiger charge is -2.37. The minimum Gasteiger partial charge on any atom is -0.489 e. The van der Waals surface area contributed by atoms with Gasteiger partial charge in [0.05, 0.1) is 19.8 Å².